The molecule has 1 aromatic carbocycles. The summed E-state index contributed by atoms with van der Waals surface area (Å²) in [7, 11) is 0. The molecule has 0 fully saturated rings. The SMILES string of the molecule is C=CC(=O)N1c2ccc(N=Nc3nn(-c4nccs4)cc3C#N)cc2C(C)CC1(C)C. The first kappa shape index (κ1) is 20.6. The predicted molar refractivity (Wildman–Crippen MR) is 119 cm³/mol. The summed E-state index contributed by atoms with van der Waals surface area (Å²) < 4.78 is 1.52. The maximum atomic E-state index is 12.5. The number of anilines is 1. The number of aromatic nitrogens is 3. The van der Waals surface area contributed by atoms with E-state index < -0.39 is 0 Å². The number of hydrogen-bond acceptors (Lipinski definition) is 7. The van der Waals surface area contributed by atoms with Crippen LogP contribution in [-0.4, -0.2) is 26.2 Å². The summed E-state index contributed by atoms with van der Waals surface area (Å²) in [5.41, 5.74) is 2.52. The quantitative estimate of drug-likeness (QED) is 0.407. The molecule has 4 rings (SSSR count). The van der Waals surface area contributed by atoms with Gasteiger partial charge in [-0.2, -0.15) is 5.26 Å². The fourth-order valence-corrected chi connectivity index (χ4v) is 4.60. The number of azo groups is 1. The van der Waals surface area contributed by atoms with Crippen molar-refractivity contribution >= 4 is 34.4 Å². The average molecular weight is 432 g/mol. The fourth-order valence-electron chi connectivity index (χ4n) is 4.04. The lowest BCUT2D eigenvalue weighted by atomic mass is 9.80. The zero-order chi connectivity index (χ0) is 22.2. The van der Waals surface area contributed by atoms with Crippen LogP contribution in [0.1, 0.15) is 44.2 Å². The number of benzene rings is 1. The minimum atomic E-state index is -0.314. The van der Waals surface area contributed by atoms with Gasteiger partial charge in [0.2, 0.25) is 10.9 Å². The van der Waals surface area contributed by atoms with Crippen LogP contribution in [0.15, 0.2) is 58.9 Å². The number of thiazole rings is 1. The molecular formula is C22H21N7OS. The lowest BCUT2D eigenvalue weighted by molar-refractivity contribution is -0.115. The number of nitrogens with zero attached hydrogens (tertiary/aromatic N) is 7. The minimum Gasteiger partial charge on any atom is -0.303 e. The maximum Gasteiger partial charge on any atom is 0.250 e. The second-order valence-electron chi connectivity index (χ2n) is 7.98. The second kappa shape index (κ2) is 7.89. The lowest BCUT2D eigenvalue weighted by Crippen LogP contribution is -2.51. The summed E-state index contributed by atoms with van der Waals surface area (Å²) in [4.78, 5) is 18.5. The van der Waals surface area contributed by atoms with Gasteiger partial charge in [0.1, 0.15) is 11.6 Å². The molecule has 0 aliphatic carbocycles. The van der Waals surface area contributed by atoms with E-state index in [0.717, 1.165) is 17.7 Å². The van der Waals surface area contributed by atoms with Gasteiger partial charge in [-0.1, -0.05) is 13.5 Å². The second-order valence-corrected chi connectivity index (χ2v) is 8.85. The van der Waals surface area contributed by atoms with Gasteiger partial charge < -0.3 is 4.90 Å². The van der Waals surface area contributed by atoms with E-state index >= 15 is 0 Å². The Kier molecular flexibility index (Phi) is 5.25. The molecule has 1 aliphatic heterocycles. The standard InChI is InChI=1S/C22H21N7OS/c1-5-19(30)29-18-7-6-16(10-17(18)14(2)11-22(29,3)4)25-26-20-15(12-23)13-28(27-20)21-24-8-9-31-21/h5-10,13-14H,1,11H2,2-4H3. The van der Waals surface area contributed by atoms with Crippen LogP contribution in [0.2, 0.25) is 0 Å². The normalized spacial score (nSPS) is 17.4. The van der Waals surface area contributed by atoms with Crippen molar-refractivity contribution in [2.24, 2.45) is 10.2 Å². The van der Waals surface area contributed by atoms with Crippen LogP contribution in [0.4, 0.5) is 17.2 Å². The van der Waals surface area contributed by atoms with E-state index in [1.54, 1.807) is 17.3 Å². The number of fused-ring (bicyclic) bond motifs is 1. The van der Waals surface area contributed by atoms with Crippen LogP contribution < -0.4 is 4.90 Å². The van der Waals surface area contributed by atoms with E-state index in [1.807, 2.05) is 23.6 Å². The number of rotatable bonds is 4. The van der Waals surface area contributed by atoms with Gasteiger partial charge in [0, 0.05) is 22.8 Å². The Morgan fingerprint density at radius 2 is 2.23 bits per heavy atom. The minimum absolute atomic E-state index is 0.126. The molecule has 0 N–H and O–H groups in total. The van der Waals surface area contributed by atoms with Crippen molar-refractivity contribution in [1.29, 1.82) is 5.26 Å². The molecule has 9 heteroatoms. The van der Waals surface area contributed by atoms with Gasteiger partial charge in [-0.15, -0.1) is 26.7 Å². The van der Waals surface area contributed by atoms with E-state index in [-0.39, 0.29) is 23.2 Å². The van der Waals surface area contributed by atoms with Gasteiger partial charge in [0.15, 0.2) is 0 Å². The molecule has 3 aromatic rings. The van der Waals surface area contributed by atoms with Crippen LogP contribution in [-0.2, 0) is 4.79 Å². The molecule has 0 radical (unpaired) electrons. The van der Waals surface area contributed by atoms with Crippen LogP contribution in [0.3, 0.4) is 0 Å². The van der Waals surface area contributed by atoms with E-state index in [9.17, 15) is 10.1 Å². The molecule has 31 heavy (non-hydrogen) atoms. The highest BCUT2D eigenvalue weighted by molar-refractivity contribution is 7.12. The first-order valence-corrected chi connectivity index (χ1v) is 10.6. The maximum absolute atomic E-state index is 12.5. The molecule has 3 heterocycles. The monoisotopic (exact) mass is 431 g/mol. The number of carbonyl (C=O) groups is 1. The summed E-state index contributed by atoms with van der Waals surface area (Å²) in [6.45, 7) is 9.90. The van der Waals surface area contributed by atoms with Crippen LogP contribution in [0.5, 0.6) is 0 Å². The number of nitriles is 1. The number of carbonyl (C=O) groups excluding carboxylic acids is 1. The molecule has 0 spiro atoms. The molecule has 1 atom stereocenters. The Balaban J connectivity index is 1.68. The molecule has 2 aromatic heterocycles. The molecular weight excluding hydrogens is 410 g/mol. The first-order chi connectivity index (χ1) is 14.8. The third-order valence-electron chi connectivity index (χ3n) is 5.28. The van der Waals surface area contributed by atoms with Crippen LogP contribution in [0, 0.1) is 11.3 Å². The van der Waals surface area contributed by atoms with Crippen LogP contribution in [0.25, 0.3) is 5.13 Å². The highest BCUT2D eigenvalue weighted by Crippen LogP contribution is 2.44. The van der Waals surface area contributed by atoms with Gasteiger partial charge >= 0.3 is 0 Å². The van der Waals surface area contributed by atoms with Gasteiger partial charge in [-0.25, -0.2) is 9.67 Å². The third kappa shape index (κ3) is 3.78. The first-order valence-electron chi connectivity index (χ1n) is 9.76. The average Bonchev–Trinajstić information content (AvgIpc) is 3.41. The van der Waals surface area contributed by atoms with Crippen molar-refractivity contribution in [3.63, 3.8) is 0 Å². The molecule has 0 saturated carbocycles. The molecule has 0 bridgehead atoms. The van der Waals surface area contributed by atoms with Crippen molar-refractivity contribution in [1.82, 2.24) is 14.8 Å². The Morgan fingerprint density at radius 3 is 2.90 bits per heavy atom. The zero-order valence-corrected chi connectivity index (χ0v) is 18.3. The smallest absolute Gasteiger partial charge is 0.250 e. The number of hydrogen-bond donors (Lipinski definition) is 0. The third-order valence-corrected chi connectivity index (χ3v) is 6.04. The summed E-state index contributed by atoms with van der Waals surface area (Å²) >= 11 is 1.41. The zero-order valence-electron chi connectivity index (χ0n) is 17.5. The summed E-state index contributed by atoms with van der Waals surface area (Å²) in [6, 6.07) is 7.73. The molecule has 1 amide bonds. The molecule has 156 valence electrons. The van der Waals surface area contributed by atoms with Crippen molar-refractivity contribution in [3.8, 4) is 11.2 Å². The van der Waals surface area contributed by atoms with Gasteiger partial charge in [-0.05, 0) is 56.0 Å². The molecule has 0 saturated heterocycles. The highest BCUT2D eigenvalue weighted by Gasteiger charge is 2.39. The topological polar surface area (TPSA) is 99.5 Å². The van der Waals surface area contributed by atoms with Gasteiger partial charge in [-0.3, -0.25) is 4.79 Å². The molecule has 1 unspecified atom stereocenters. The Morgan fingerprint density at radius 1 is 1.42 bits per heavy atom. The predicted octanol–water partition coefficient (Wildman–Crippen LogP) is 5.42. The summed E-state index contributed by atoms with van der Waals surface area (Å²) in [5, 5.41) is 24.7. The largest absolute Gasteiger partial charge is 0.303 e. The molecule has 1 aliphatic rings. The summed E-state index contributed by atoms with van der Waals surface area (Å²) in [6.07, 6.45) is 5.42. The fraction of sp³-hybridized carbons (Fsp3) is 0.273. The van der Waals surface area contributed by atoms with E-state index in [4.69, 9.17) is 0 Å². The van der Waals surface area contributed by atoms with Gasteiger partial charge in [0.25, 0.3) is 5.91 Å². The lowest BCUT2D eigenvalue weighted by Gasteiger charge is -2.45. The van der Waals surface area contributed by atoms with Crippen molar-refractivity contribution in [3.05, 3.63) is 59.8 Å². The van der Waals surface area contributed by atoms with Crippen molar-refractivity contribution in [2.45, 2.75) is 38.6 Å². The van der Waals surface area contributed by atoms with Gasteiger partial charge in [0.05, 0.1) is 11.9 Å². The van der Waals surface area contributed by atoms with Crippen molar-refractivity contribution in [2.75, 3.05) is 4.90 Å². The Labute approximate surface area is 184 Å². The molecule has 8 nitrogen and oxygen atoms in total. The Hall–Kier alpha value is -3.64. The Bertz CT molecular complexity index is 1220. The summed E-state index contributed by atoms with van der Waals surface area (Å²) in [5.74, 6) is 0.347. The van der Waals surface area contributed by atoms with E-state index in [2.05, 4.69) is 53.7 Å². The van der Waals surface area contributed by atoms with E-state index in [0.29, 0.717) is 16.4 Å². The van der Waals surface area contributed by atoms with Crippen molar-refractivity contribution < 1.29 is 4.79 Å². The van der Waals surface area contributed by atoms with Crippen LogP contribution >= 0.6 is 11.3 Å². The van der Waals surface area contributed by atoms with E-state index in [1.165, 1.54) is 22.1 Å². The number of amides is 1. The highest BCUT2D eigenvalue weighted by atomic mass is 32.1.